The Morgan fingerprint density at radius 1 is 1.53 bits per heavy atom. The minimum Gasteiger partial charge on any atom is -0.462 e. The number of fused-ring (bicyclic) bond motifs is 1. The zero-order valence-electron chi connectivity index (χ0n) is 9.00. The Bertz CT molecular complexity index is 590. The molecule has 0 N–H and O–H groups in total. The molecule has 0 bridgehead atoms. The summed E-state index contributed by atoms with van der Waals surface area (Å²) in [5, 5.41) is 12.9. The molecule has 88 valence electrons. The minimum absolute atomic E-state index is 0.0264. The number of hydrogen-bond donors (Lipinski definition) is 0. The highest BCUT2D eigenvalue weighted by atomic mass is 32.1. The van der Waals surface area contributed by atoms with Crippen molar-refractivity contribution < 1.29 is 14.5 Å². The van der Waals surface area contributed by atoms with Gasteiger partial charge in [0.15, 0.2) is 0 Å². The molecule has 0 radical (unpaired) electrons. The number of carbonyl (C=O) groups is 1. The first kappa shape index (κ1) is 11.5. The summed E-state index contributed by atoms with van der Waals surface area (Å²) in [6.45, 7) is 2.00. The monoisotopic (exact) mass is 251 g/mol. The van der Waals surface area contributed by atoms with Gasteiger partial charge in [0.05, 0.1) is 17.1 Å². The van der Waals surface area contributed by atoms with Gasteiger partial charge in [0, 0.05) is 27.6 Å². The molecule has 0 saturated heterocycles. The zero-order valence-corrected chi connectivity index (χ0v) is 9.82. The third-order valence-electron chi connectivity index (χ3n) is 2.26. The Morgan fingerprint density at radius 2 is 2.29 bits per heavy atom. The summed E-state index contributed by atoms with van der Waals surface area (Å²) in [5.41, 5.74) is 0.358. The van der Waals surface area contributed by atoms with Gasteiger partial charge in [-0.1, -0.05) is 0 Å². The predicted octanol–water partition coefficient (Wildman–Crippen LogP) is 2.99. The third kappa shape index (κ3) is 2.12. The van der Waals surface area contributed by atoms with Crippen LogP contribution in [0.4, 0.5) is 5.69 Å². The Hall–Kier alpha value is -1.95. The summed E-state index contributed by atoms with van der Waals surface area (Å²) in [6, 6.07) is 4.46. The van der Waals surface area contributed by atoms with Gasteiger partial charge in [-0.2, -0.15) is 0 Å². The van der Waals surface area contributed by atoms with Crippen molar-refractivity contribution in [2.45, 2.75) is 6.92 Å². The third-order valence-corrected chi connectivity index (χ3v) is 3.23. The Labute approximate surface area is 101 Å². The normalized spacial score (nSPS) is 10.4. The van der Waals surface area contributed by atoms with E-state index in [1.54, 1.807) is 18.4 Å². The van der Waals surface area contributed by atoms with Crippen LogP contribution in [0.2, 0.25) is 0 Å². The van der Waals surface area contributed by atoms with E-state index in [-0.39, 0.29) is 12.3 Å². The van der Waals surface area contributed by atoms with E-state index in [0.29, 0.717) is 10.9 Å². The van der Waals surface area contributed by atoms with Crippen LogP contribution in [0.3, 0.4) is 0 Å². The van der Waals surface area contributed by atoms with E-state index < -0.39 is 10.9 Å². The molecular formula is C11H9NO4S. The molecule has 0 aliphatic carbocycles. The van der Waals surface area contributed by atoms with Crippen LogP contribution in [0.15, 0.2) is 23.6 Å². The van der Waals surface area contributed by atoms with Crippen molar-refractivity contribution in [3.8, 4) is 0 Å². The van der Waals surface area contributed by atoms with E-state index in [9.17, 15) is 14.9 Å². The number of thiophene rings is 1. The van der Waals surface area contributed by atoms with Crippen LogP contribution in [0.5, 0.6) is 0 Å². The number of non-ortho nitro benzene ring substituents is 1. The van der Waals surface area contributed by atoms with E-state index in [0.717, 1.165) is 4.70 Å². The largest absolute Gasteiger partial charge is 0.462 e. The number of hydrogen-bond acceptors (Lipinski definition) is 5. The molecule has 0 spiro atoms. The lowest BCUT2D eigenvalue weighted by Gasteiger charge is -1.99. The average Bonchev–Trinajstić information content (AvgIpc) is 2.71. The molecule has 0 aliphatic rings. The van der Waals surface area contributed by atoms with Crippen LogP contribution in [0.25, 0.3) is 10.1 Å². The second-order valence-electron chi connectivity index (χ2n) is 3.31. The van der Waals surface area contributed by atoms with Crippen molar-refractivity contribution in [2.75, 3.05) is 6.61 Å². The molecule has 0 fully saturated rings. The smallest absolute Gasteiger partial charge is 0.339 e. The summed E-state index contributed by atoms with van der Waals surface area (Å²) in [7, 11) is 0. The second kappa shape index (κ2) is 4.50. The SMILES string of the molecule is CCOC(=O)c1csc2ccc([N+](=O)[O-])cc12. The molecule has 0 atom stereocenters. The van der Waals surface area contributed by atoms with E-state index in [4.69, 9.17) is 4.74 Å². The zero-order chi connectivity index (χ0) is 12.4. The fourth-order valence-corrected chi connectivity index (χ4v) is 2.41. The Kier molecular flexibility index (Phi) is 3.06. The number of carbonyl (C=O) groups excluding carboxylic acids is 1. The average molecular weight is 251 g/mol. The van der Waals surface area contributed by atoms with Gasteiger partial charge >= 0.3 is 5.97 Å². The van der Waals surface area contributed by atoms with Crippen molar-refractivity contribution in [1.29, 1.82) is 0 Å². The predicted molar refractivity (Wildman–Crippen MR) is 64.4 cm³/mol. The number of nitro benzene ring substituents is 1. The molecule has 1 aromatic carbocycles. The van der Waals surface area contributed by atoms with Gasteiger partial charge in [-0.3, -0.25) is 10.1 Å². The van der Waals surface area contributed by atoms with E-state index >= 15 is 0 Å². The second-order valence-corrected chi connectivity index (χ2v) is 4.22. The maximum Gasteiger partial charge on any atom is 0.339 e. The summed E-state index contributed by atoms with van der Waals surface area (Å²) in [4.78, 5) is 21.8. The van der Waals surface area contributed by atoms with Crippen LogP contribution in [-0.2, 0) is 4.74 Å². The van der Waals surface area contributed by atoms with Crippen LogP contribution >= 0.6 is 11.3 Å². The summed E-state index contributed by atoms with van der Waals surface area (Å²) in [6.07, 6.45) is 0. The highest BCUT2D eigenvalue weighted by Crippen LogP contribution is 2.29. The lowest BCUT2D eigenvalue weighted by molar-refractivity contribution is -0.384. The van der Waals surface area contributed by atoms with Crippen LogP contribution in [0, 0.1) is 10.1 Å². The number of nitro groups is 1. The standard InChI is InChI=1S/C11H9NO4S/c1-2-16-11(13)9-6-17-10-4-3-7(12(14)15)5-8(9)10/h3-6H,2H2,1H3. The number of esters is 1. The molecule has 17 heavy (non-hydrogen) atoms. The number of ether oxygens (including phenoxy) is 1. The van der Waals surface area contributed by atoms with Crippen molar-refractivity contribution >= 4 is 33.1 Å². The Morgan fingerprint density at radius 3 is 2.94 bits per heavy atom. The van der Waals surface area contributed by atoms with E-state index in [2.05, 4.69) is 0 Å². The first-order valence-electron chi connectivity index (χ1n) is 4.96. The molecule has 0 unspecified atom stereocenters. The summed E-state index contributed by atoms with van der Waals surface area (Å²) in [5.74, 6) is -0.445. The lowest BCUT2D eigenvalue weighted by Crippen LogP contribution is -2.03. The summed E-state index contributed by atoms with van der Waals surface area (Å²) < 4.78 is 5.72. The molecule has 6 heteroatoms. The maximum atomic E-state index is 11.6. The fraction of sp³-hybridized carbons (Fsp3) is 0.182. The molecule has 1 heterocycles. The van der Waals surface area contributed by atoms with E-state index in [1.165, 1.54) is 23.5 Å². The minimum atomic E-state index is -0.480. The van der Waals surface area contributed by atoms with Crippen molar-refractivity contribution in [2.24, 2.45) is 0 Å². The Balaban J connectivity index is 2.54. The van der Waals surface area contributed by atoms with Crippen LogP contribution < -0.4 is 0 Å². The molecule has 2 aromatic rings. The number of benzene rings is 1. The first-order chi connectivity index (χ1) is 8.13. The molecular weight excluding hydrogens is 242 g/mol. The maximum absolute atomic E-state index is 11.6. The van der Waals surface area contributed by atoms with Gasteiger partial charge in [-0.15, -0.1) is 11.3 Å². The fourth-order valence-electron chi connectivity index (χ4n) is 1.50. The van der Waals surface area contributed by atoms with Gasteiger partial charge in [-0.25, -0.2) is 4.79 Å². The van der Waals surface area contributed by atoms with Crippen LogP contribution in [-0.4, -0.2) is 17.5 Å². The molecule has 0 saturated carbocycles. The topological polar surface area (TPSA) is 69.4 Å². The molecule has 2 rings (SSSR count). The first-order valence-corrected chi connectivity index (χ1v) is 5.84. The summed E-state index contributed by atoms with van der Waals surface area (Å²) >= 11 is 1.37. The van der Waals surface area contributed by atoms with Crippen molar-refractivity contribution in [1.82, 2.24) is 0 Å². The van der Waals surface area contributed by atoms with Gasteiger partial charge in [0.2, 0.25) is 0 Å². The molecule has 1 aromatic heterocycles. The van der Waals surface area contributed by atoms with Crippen molar-refractivity contribution in [3.05, 3.63) is 39.3 Å². The lowest BCUT2D eigenvalue weighted by atomic mass is 10.1. The molecule has 5 nitrogen and oxygen atoms in total. The molecule has 0 aliphatic heterocycles. The quantitative estimate of drug-likeness (QED) is 0.477. The highest BCUT2D eigenvalue weighted by Gasteiger charge is 2.16. The van der Waals surface area contributed by atoms with Gasteiger partial charge in [-0.05, 0) is 13.0 Å². The van der Waals surface area contributed by atoms with Gasteiger partial charge in [0.25, 0.3) is 5.69 Å². The number of nitrogens with zero attached hydrogens (tertiary/aromatic N) is 1. The van der Waals surface area contributed by atoms with Gasteiger partial charge in [0.1, 0.15) is 0 Å². The van der Waals surface area contributed by atoms with Gasteiger partial charge < -0.3 is 4.74 Å². The van der Waals surface area contributed by atoms with Crippen molar-refractivity contribution in [3.63, 3.8) is 0 Å². The van der Waals surface area contributed by atoms with Crippen LogP contribution in [0.1, 0.15) is 17.3 Å². The van der Waals surface area contributed by atoms with E-state index in [1.807, 2.05) is 0 Å². The number of rotatable bonds is 3. The highest BCUT2D eigenvalue weighted by molar-refractivity contribution is 7.17. The molecule has 0 amide bonds.